The number of primary amides is 1. The number of carbonyl (C=O) groups excluding carboxylic acids is 1. The first-order chi connectivity index (χ1) is 13.0. The molecule has 1 amide bonds. The molecule has 0 unspecified atom stereocenters. The Morgan fingerprint density at radius 2 is 1.78 bits per heavy atom. The number of hydrogen-bond acceptors (Lipinski definition) is 3. The van der Waals surface area contributed by atoms with E-state index in [2.05, 4.69) is 43.3 Å². The molecule has 2 aromatic rings. The summed E-state index contributed by atoms with van der Waals surface area (Å²) in [5.41, 5.74) is 7.45. The third-order valence-electron chi connectivity index (χ3n) is 3.91. The van der Waals surface area contributed by atoms with Gasteiger partial charge in [-0.25, -0.2) is 0 Å². The van der Waals surface area contributed by atoms with E-state index in [1.807, 2.05) is 43.4 Å². The first-order valence-electron chi connectivity index (χ1n) is 8.64. The van der Waals surface area contributed by atoms with Gasteiger partial charge >= 0.3 is 0 Å². The Labute approximate surface area is 168 Å². The van der Waals surface area contributed by atoms with Crippen LogP contribution in [-0.2, 0) is 17.8 Å². The van der Waals surface area contributed by atoms with E-state index in [0.29, 0.717) is 5.75 Å². The van der Waals surface area contributed by atoms with Gasteiger partial charge in [0.25, 0.3) is 5.91 Å². The number of nitrogens with one attached hydrogen (secondary N) is 1. The van der Waals surface area contributed by atoms with Crippen molar-refractivity contribution in [2.75, 3.05) is 27.2 Å². The van der Waals surface area contributed by atoms with Crippen molar-refractivity contribution in [3.8, 4) is 5.75 Å². The molecule has 0 bridgehead atoms. The highest BCUT2D eigenvalue weighted by molar-refractivity contribution is 9.10. The minimum atomic E-state index is -0.484. The van der Waals surface area contributed by atoms with Crippen molar-refractivity contribution in [2.24, 2.45) is 10.7 Å². The van der Waals surface area contributed by atoms with Gasteiger partial charge < -0.3 is 20.7 Å². The van der Waals surface area contributed by atoms with Crippen LogP contribution in [0.3, 0.4) is 0 Å². The van der Waals surface area contributed by atoms with Crippen molar-refractivity contribution in [3.05, 3.63) is 64.1 Å². The summed E-state index contributed by atoms with van der Waals surface area (Å²) in [6.45, 7) is 1.43. The number of aliphatic imine (C=N–C) groups is 1. The van der Waals surface area contributed by atoms with Crippen LogP contribution in [0, 0.1) is 0 Å². The Bertz CT molecular complexity index is 761. The Balaban J connectivity index is 1.80. The van der Waals surface area contributed by atoms with Crippen molar-refractivity contribution in [1.29, 1.82) is 0 Å². The van der Waals surface area contributed by atoms with Crippen LogP contribution in [0.15, 0.2) is 58.0 Å². The van der Waals surface area contributed by atoms with Gasteiger partial charge in [-0.2, -0.15) is 0 Å². The standard InChI is InChI=1S/C20H25BrN4O2/c1-23-20(25(2)13-16-3-7-17(21)8-4-16)24-12-11-15-5-9-18(10-6-15)27-14-19(22)26/h3-10H,11-14H2,1-2H3,(H2,22,26)(H,23,24). The zero-order chi connectivity index (χ0) is 19.6. The van der Waals surface area contributed by atoms with Gasteiger partial charge in [-0.3, -0.25) is 9.79 Å². The molecule has 0 aliphatic rings. The van der Waals surface area contributed by atoms with Gasteiger partial charge in [-0.1, -0.05) is 40.2 Å². The third-order valence-corrected chi connectivity index (χ3v) is 4.44. The van der Waals surface area contributed by atoms with Gasteiger partial charge in [-0.05, 0) is 41.8 Å². The number of guanidine groups is 1. The zero-order valence-electron chi connectivity index (χ0n) is 15.6. The fraction of sp³-hybridized carbons (Fsp3) is 0.300. The van der Waals surface area contributed by atoms with Crippen molar-refractivity contribution in [1.82, 2.24) is 10.2 Å². The second-order valence-electron chi connectivity index (χ2n) is 6.11. The number of benzene rings is 2. The van der Waals surface area contributed by atoms with E-state index in [1.54, 1.807) is 7.05 Å². The second-order valence-corrected chi connectivity index (χ2v) is 7.02. The highest BCUT2D eigenvalue weighted by Gasteiger charge is 2.06. The predicted molar refractivity (Wildman–Crippen MR) is 112 cm³/mol. The number of nitrogens with zero attached hydrogens (tertiary/aromatic N) is 2. The Kier molecular flexibility index (Phi) is 8.13. The van der Waals surface area contributed by atoms with E-state index in [0.717, 1.165) is 29.9 Å². The number of hydrogen-bond donors (Lipinski definition) is 2. The van der Waals surface area contributed by atoms with E-state index in [4.69, 9.17) is 10.5 Å². The summed E-state index contributed by atoms with van der Waals surface area (Å²) >= 11 is 3.45. The summed E-state index contributed by atoms with van der Waals surface area (Å²) in [4.78, 5) is 17.2. The number of halogens is 1. The normalized spacial score (nSPS) is 11.1. The molecular weight excluding hydrogens is 408 g/mol. The lowest BCUT2D eigenvalue weighted by atomic mass is 10.1. The summed E-state index contributed by atoms with van der Waals surface area (Å²) in [7, 11) is 3.80. The van der Waals surface area contributed by atoms with Gasteiger partial charge in [0.1, 0.15) is 5.75 Å². The molecule has 3 N–H and O–H groups in total. The fourth-order valence-corrected chi connectivity index (χ4v) is 2.81. The molecule has 0 atom stereocenters. The Morgan fingerprint density at radius 3 is 2.37 bits per heavy atom. The largest absolute Gasteiger partial charge is 0.484 e. The molecule has 144 valence electrons. The summed E-state index contributed by atoms with van der Waals surface area (Å²) in [5.74, 6) is 0.997. The lowest BCUT2D eigenvalue weighted by Gasteiger charge is -2.22. The number of nitrogens with two attached hydrogens (primary N) is 1. The molecule has 0 saturated carbocycles. The van der Waals surface area contributed by atoms with E-state index >= 15 is 0 Å². The molecular formula is C20H25BrN4O2. The number of amides is 1. The molecule has 0 radical (unpaired) electrons. The minimum absolute atomic E-state index is 0.109. The third kappa shape index (κ3) is 7.30. The van der Waals surface area contributed by atoms with Gasteiger partial charge in [0.2, 0.25) is 0 Å². The maximum Gasteiger partial charge on any atom is 0.255 e. The fourth-order valence-electron chi connectivity index (χ4n) is 2.55. The molecule has 2 aromatic carbocycles. The molecule has 0 saturated heterocycles. The van der Waals surface area contributed by atoms with Gasteiger partial charge in [0.05, 0.1) is 0 Å². The molecule has 7 heteroatoms. The monoisotopic (exact) mass is 432 g/mol. The van der Waals surface area contributed by atoms with Gasteiger partial charge in [0.15, 0.2) is 12.6 Å². The van der Waals surface area contributed by atoms with Crippen LogP contribution in [0.25, 0.3) is 0 Å². The summed E-state index contributed by atoms with van der Waals surface area (Å²) in [5, 5.41) is 3.38. The first-order valence-corrected chi connectivity index (χ1v) is 9.43. The lowest BCUT2D eigenvalue weighted by Crippen LogP contribution is -2.39. The topological polar surface area (TPSA) is 80.0 Å². The molecule has 0 heterocycles. The average molecular weight is 433 g/mol. The maximum absolute atomic E-state index is 10.7. The summed E-state index contributed by atoms with van der Waals surface area (Å²) in [6, 6.07) is 15.9. The molecule has 0 aliphatic carbocycles. The van der Waals surface area contributed by atoms with Crippen LogP contribution in [0.4, 0.5) is 0 Å². The van der Waals surface area contributed by atoms with E-state index in [9.17, 15) is 4.79 Å². The predicted octanol–water partition coefficient (Wildman–Crippen LogP) is 2.56. The molecule has 0 aliphatic heterocycles. The molecule has 0 spiro atoms. The van der Waals surface area contributed by atoms with E-state index < -0.39 is 5.91 Å². The van der Waals surface area contributed by atoms with E-state index in [1.165, 1.54) is 11.1 Å². The Hall–Kier alpha value is -2.54. The van der Waals surface area contributed by atoms with Crippen LogP contribution in [0.2, 0.25) is 0 Å². The first kappa shape index (κ1) is 20.8. The second kappa shape index (κ2) is 10.6. The quantitative estimate of drug-likeness (QED) is 0.496. The van der Waals surface area contributed by atoms with Gasteiger partial charge in [-0.15, -0.1) is 0 Å². The van der Waals surface area contributed by atoms with Crippen LogP contribution in [0.1, 0.15) is 11.1 Å². The summed E-state index contributed by atoms with van der Waals surface area (Å²) < 4.78 is 6.33. The minimum Gasteiger partial charge on any atom is -0.484 e. The Morgan fingerprint density at radius 1 is 1.15 bits per heavy atom. The van der Waals surface area contributed by atoms with Crippen molar-refractivity contribution in [3.63, 3.8) is 0 Å². The number of rotatable bonds is 8. The zero-order valence-corrected chi connectivity index (χ0v) is 17.2. The summed E-state index contributed by atoms with van der Waals surface area (Å²) in [6.07, 6.45) is 0.848. The molecule has 2 rings (SSSR count). The highest BCUT2D eigenvalue weighted by atomic mass is 79.9. The van der Waals surface area contributed by atoms with Crippen LogP contribution in [0.5, 0.6) is 5.75 Å². The molecule has 0 fully saturated rings. The highest BCUT2D eigenvalue weighted by Crippen LogP contribution is 2.13. The number of carbonyl (C=O) groups is 1. The SMILES string of the molecule is CN=C(NCCc1ccc(OCC(N)=O)cc1)N(C)Cc1ccc(Br)cc1. The molecule has 6 nitrogen and oxygen atoms in total. The smallest absolute Gasteiger partial charge is 0.255 e. The number of ether oxygens (including phenoxy) is 1. The van der Waals surface area contributed by atoms with Crippen LogP contribution >= 0.6 is 15.9 Å². The van der Waals surface area contributed by atoms with Gasteiger partial charge in [0, 0.05) is 31.7 Å². The average Bonchev–Trinajstić information content (AvgIpc) is 2.66. The van der Waals surface area contributed by atoms with Crippen molar-refractivity contribution in [2.45, 2.75) is 13.0 Å². The molecule has 0 aromatic heterocycles. The van der Waals surface area contributed by atoms with E-state index in [-0.39, 0.29) is 6.61 Å². The van der Waals surface area contributed by atoms with Crippen molar-refractivity contribution >= 4 is 27.8 Å². The van der Waals surface area contributed by atoms with Crippen molar-refractivity contribution < 1.29 is 9.53 Å². The maximum atomic E-state index is 10.7. The van der Waals surface area contributed by atoms with Crippen LogP contribution in [-0.4, -0.2) is 44.0 Å². The van der Waals surface area contributed by atoms with Crippen LogP contribution < -0.4 is 15.8 Å². The molecule has 27 heavy (non-hydrogen) atoms. The lowest BCUT2D eigenvalue weighted by molar-refractivity contribution is -0.119.